The van der Waals surface area contributed by atoms with Crippen molar-refractivity contribution in [2.24, 2.45) is 0 Å². The maximum atomic E-state index is 13.4. The molecule has 2 aromatic carbocycles. The maximum Gasteiger partial charge on any atom is 0.340 e. The van der Waals surface area contributed by atoms with Crippen LogP contribution in [0.4, 0.5) is 10.1 Å². The number of halogens is 1. The summed E-state index contributed by atoms with van der Waals surface area (Å²) in [5, 5.41) is 3.31. The van der Waals surface area contributed by atoms with Gasteiger partial charge in [0.05, 0.1) is 29.6 Å². The van der Waals surface area contributed by atoms with Crippen LogP contribution in [0.15, 0.2) is 42.5 Å². The molecule has 1 aromatic heterocycles. The second-order valence-corrected chi connectivity index (χ2v) is 6.70. The number of benzene rings is 2. The number of nitrogens with one attached hydrogen (secondary N) is 1. The van der Waals surface area contributed by atoms with E-state index in [4.69, 9.17) is 9.47 Å². The molecule has 29 heavy (non-hydrogen) atoms. The molecule has 3 aromatic rings. The van der Waals surface area contributed by atoms with Gasteiger partial charge in [-0.15, -0.1) is 0 Å². The van der Waals surface area contributed by atoms with E-state index in [1.165, 1.54) is 32.2 Å². The third-order valence-corrected chi connectivity index (χ3v) is 4.46. The Kier molecular flexibility index (Phi) is 5.77. The normalized spacial score (nSPS) is 11.8. The van der Waals surface area contributed by atoms with E-state index in [2.05, 4.69) is 10.3 Å². The average molecular weight is 396 g/mol. The average Bonchev–Trinajstić information content (AvgIpc) is 2.67. The van der Waals surface area contributed by atoms with Crippen LogP contribution in [0.1, 0.15) is 28.5 Å². The first kappa shape index (κ1) is 20.3. The fraction of sp³-hybridized carbons (Fsp3) is 0.227. The molecule has 7 heteroatoms. The van der Waals surface area contributed by atoms with Crippen LogP contribution < -0.4 is 10.1 Å². The van der Waals surface area contributed by atoms with Crippen molar-refractivity contribution < 1.29 is 23.5 Å². The number of aromatic nitrogens is 1. The Hall–Kier alpha value is -3.48. The van der Waals surface area contributed by atoms with Gasteiger partial charge in [0.15, 0.2) is 6.10 Å². The van der Waals surface area contributed by atoms with Gasteiger partial charge in [-0.2, -0.15) is 0 Å². The van der Waals surface area contributed by atoms with Gasteiger partial charge in [0.2, 0.25) is 0 Å². The molecule has 1 atom stereocenters. The Morgan fingerprint density at radius 1 is 1.10 bits per heavy atom. The first-order valence-electron chi connectivity index (χ1n) is 9.02. The highest BCUT2D eigenvalue weighted by Gasteiger charge is 2.22. The van der Waals surface area contributed by atoms with E-state index in [-0.39, 0.29) is 5.56 Å². The quantitative estimate of drug-likeness (QED) is 0.655. The molecule has 0 saturated carbocycles. The summed E-state index contributed by atoms with van der Waals surface area (Å²) in [6.07, 6.45) is -1.05. The number of nitrogens with zero attached hydrogens (tertiary/aromatic N) is 1. The number of fused-ring (bicyclic) bond motifs is 1. The van der Waals surface area contributed by atoms with Gasteiger partial charge in [0.25, 0.3) is 5.91 Å². The lowest BCUT2D eigenvalue weighted by atomic mass is 10.1. The SMILES string of the molecule is COc1ccc(C)cc1NC(=O)C(C)OC(=O)c1cc2ccc(F)cc2nc1C. The number of carbonyl (C=O) groups excluding carboxylic acids is 2. The van der Waals surface area contributed by atoms with Gasteiger partial charge in [0.1, 0.15) is 11.6 Å². The Morgan fingerprint density at radius 3 is 2.59 bits per heavy atom. The predicted octanol–water partition coefficient (Wildman–Crippen LogP) is 4.18. The van der Waals surface area contributed by atoms with Crippen molar-refractivity contribution in [1.82, 2.24) is 4.98 Å². The topological polar surface area (TPSA) is 77.5 Å². The largest absolute Gasteiger partial charge is 0.495 e. The van der Waals surface area contributed by atoms with Crippen molar-refractivity contribution in [2.45, 2.75) is 26.9 Å². The Balaban J connectivity index is 1.76. The lowest BCUT2D eigenvalue weighted by Gasteiger charge is -2.16. The molecule has 3 rings (SSSR count). The molecule has 0 aliphatic rings. The number of carbonyl (C=O) groups is 2. The third kappa shape index (κ3) is 4.51. The van der Waals surface area contributed by atoms with Crippen LogP contribution in [-0.4, -0.2) is 30.1 Å². The van der Waals surface area contributed by atoms with Crippen LogP contribution in [0.2, 0.25) is 0 Å². The molecule has 1 amide bonds. The van der Waals surface area contributed by atoms with E-state index >= 15 is 0 Å². The number of esters is 1. The highest BCUT2D eigenvalue weighted by molar-refractivity contribution is 5.99. The van der Waals surface area contributed by atoms with Crippen molar-refractivity contribution in [2.75, 3.05) is 12.4 Å². The fourth-order valence-corrected chi connectivity index (χ4v) is 2.87. The van der Waals surface area contributed by atoms with E-state index in [0.717, 1.165) is 5.56 Å². The van der Waals surface area contributed by atoms with Crippen molar-refractivity contribution >= 4 is 28.5 Å². The number of rotatable bonds is 5. The van der Waals surface area contributed by atoms with E-state index < -0.39 is 23.8 Å². The molecule has 0 fully saturated rings. The van der Waals surface area contributed by atoms with Crippen molar-refractivity contribution in [3.63, 3.8) is 0 Å². The standard InChI is InChI=1S/C22H21FN2O4/c1-12-5-8-20(28-4)19(9-12)25-21(26)14(3)29-22(27)17-10-15-6-7-16(23)11-18(15)24-13(17)2/h5-11,14H,1-4H3,(H,25,26). The summed E-state index contributed by atoms with van der Waals surface area (Å²) in [6, 6.07) is 11.1. The zero-order chi connectivity index (χ0) is 21.1. The number of methoxy groups -OCH3 is 1. The molecule has 150 valence electrons. The van der Waals surface area contributed by atoms with Gasteiger partial charge < -0.3 is 14.8 Å². The summed E-state index contributed by atoms with van der Waals surface area (Å²) in [5.41, 5.74) is 2.49. The number of anilines is 1. The van der Waals surface area contributed by atoms with Gasteiger partial charge in [-0.3, -0.25) is 9.78 Å². The molecule has 0 aliphatic carbocycles. The van der Waals surface area contributed by atoms with E-state index in [9.17, 15) is 14.0 Å². The fourth-order valence-electron chi connectivity index (χ4n) is 2.87. The minimum Gasteiger partial charge on any atom is -0.495 e. The van der Waals surface area contributed by atoms with E-state index in [1.807, 2.05) is 13.0 Å². The monoisotopic (exact) mass is 396 g/mol. The zero-order valence-electron chi connectivity index (χ0n) is 16.6. The molecular formula is C22H21FN2O4. The van der Waals surface area contributed by atoms with Crippen LogP contribution in [0.3, 0.4) is 0 Å². The summed E-state index contributed by atoms with van der Waals surface area (Å²) in [5.74, 6) is -1.07. The summed E-state index contributed by atoms with van der Waals surface area (Å²) in [4.78, 5) is 29.3. The van der Waals surface area contributed by atoms with Gasteiger partial charge in [-0.25, -0.2) is 9.18 Å². The summed E-state index contributed by atoms with van der Waals surface area (Å²) in [7, 11) is 1.51. The third-order valence-electron chi connectivity index (χ3n) is 4.46. The van der Waals surface area contributed by atoms with Crippen LogP contribution in [0.5, 0.6) is 5.75 Å². The number of ether oxygens (including phenoxy) is 2. The molecular weight excluding hydrogens is 375 g/mol. The van der Waals surface area contributed by atoms with Crippen molar-refractivity contribution in [3.8, 4) is 5.75 Å². The first-order chi connectivity index (χ1) is 13.8. The number of aryl methyl sites for hydroxylation is 2. The van der Waals surface area contributed by atoms with Gasteiger partial charge in [-0.05, 0) is 56.7 Å². The number of pyridine rings is 1. The minimum absolute atomic E-state index is 0.219. The van der Waals surface area contributed by atoms with Crippen molar-refractivity contribution in [3.05, 3.63) is 65.1 Å². The number of hydrogen-bond acceptors (Lipinski definition) is 5. The predicted molar refractivity (Wildman–Crippen MR) is 108 cm³/mol. The summed E-state index contributed by atoms with van der Waals surface area (Å²) in [6.45, 7) is 5.00. The lowest BCUT2D eigenvalue weighted by molar-refractivity contribution is -0.123. The molecule has 1 unspecified atom stereocenters. The maximum absolute atomic E-state index is 13.4. The molecule has 6 nitrogen and oxygen atoms in total. The van der Waals surface area contributed by atoms with Gasteiger partial charge in [0, 0.05) is 11.5 Å². The smallest absolute Gasteiger partial charge is 0.340 e. The Morgan fingerprint density at radius 2 is 1.86 bits per heavy atom. The van der Waals surface area contributed by atoms with E-state index in [1.54, 1.807) is 25.1 Å². The number of amides is 1. The lowest BCUT2D eigenvalue weighted by Crippen LogP contribution is -2.30. The summed E-state index contributed by atoms with van der Waals surface area (Å²) >= 11 is 0. The highest BCUT2D eigenvalue weighted by Crippen LogP contribution is 2.25. The first-order valence-corrected chi connectivity index (χ1v) is 9.02. The molecule has 1 heterocycles. The Labute approximate surface area is 167 Å². The minimum atomic E-state index is -1.05. The second-order valence-electron chi connectivity index (χ2n) is 6.70. The molecule has 0 aliphatic heterocycles. The zero-order valence-corrected chi connectivity index (χ0v) is 16.6. The van der Waals surface area contributed by atoms with Crippen LogP contribution in [0, 0.1) is 19.7 Å². The number of hydrogen-bond donors (Lipinski definition) is 1. The highest BCUT2D eigenvalue weighted by atomic mass is 19.1. The van der Waals surface area contributed by atoms with Crippen molar-refractivity contribution in [1.29, 1.82) is 0 Å². The second kappa shape index (κ2) is 8.26. The van der Waals surface area contributed by atoms with Crippen LogP contribution in [0.25, 0.3) is 10.9 Å². The molecule has 1 N–H and O–H groups in total. The van der Waals surface area contributed by atoms with Crippen LogP contribution >= 0.6 is 0 Å². The Bertz CT molecular complexity index is 1100. The van der Waals surface area contributed by atoms with E-state index in [0.29, 0.717) is 28.0 Å². The molecule has 0 saturated heterocycles. The van der Waals surface area contributed by atoms with Gasteiger partial charge in [-0.1, -0.05) is 6.07 Å². The molecule has 0 spiro atoms. The van der Waals surface area contributed by atoms with Crippen LogP contribution in [-0.2, 0) is 9.53 Å². The summed E-state index contributed by atoms with van der Waals surface area (Å²) < 4.78 is 23.9. The molecule has 0 radical (unpaired) electrons. The molecule has 0 bridgehead atoms. The van der Waals surface area contributed by atoms with Gasteiger partial charge >= 0.3 is 5.97 Å².